The fourth-order valence-corrected chi connectivity index (χ4v) is 3.77. The highest BCUT2D eigenvalue weighted by molar-refractivity contribution is 7.92. The third kappa shape index (κ3) is 4.46. The van der Waals surface area contributed by atoms with Gasteiger partial charge >= 0.3 is 0 Å². The van der Waals surface area contributed by atoms with Crippen LogP contribution in [0, 0.1) is 10.1 Å². The molecule has 0 saturated carbocycles. The zero-order valence-corrected chi connectivity index (χ0v) is 15.2. The number of benzene rings is 2. The van der Waals surface area contributed by atoms with Gasteiger partial charge in [0.2, 0.25) is 0 Å². The average Bonchev–Trinajstić information content (AvgIpc) is 3.14. The van der Waals surface area contributed by atoms with Crippen LogP contribution in [0.3, 0.4) is 0 Å². The van der Waals surface area contributed by atoms with Crippen molar-refractivity contribution in [3.05, 3.63) is 75.8 Å². The molecule has 138 valence electrons. The Bertz CT molecular complexity index is 1100. The first kappa shape index (κ1) is 18.5. The summed E-state index contributed by atoms with van der Waals surface area (Å²) in [7, 11) is -4.06. The number of rotatable bonds is 6. The summed E-state index contributed by atoms with van der Waals surface area (Å²) < 4.78 is 27.3. The molecule has 0 radical (unpaired) electrons. The molecular formula is C16H12N4O5S2. The molecule has 1 amide bonds. The number of sulfonamides is 1. The molecule has 0 atom stereocenters. The summed E-state index contributed by atoms with van der Waals surface area (Å²) in [5, 5.41) is 15.6. The fourth-order valence-electron chi connectivity index (χ4n) is 2.16. The number of nitrogens with zero attached hydrogens (tertiary/aromatic N) is 2. The second-order valence-corrected chi connectivity index (χ2v) is 7.81. The molecule has 0 spiro atoms. The van der Waals surface area contributed by atoms with Crippen LogP contribution in [0.15, 0.2) is 65.0 Å². The van der Waals surface area contributed by atoms with Crippen molar-refractivity contribution in [2.24, 2.45) is 0 Å². The number of nitro groups is 1. The third-order valence-corrected chi connectivity index (χ3v) is 5.44. The van der Waals surface area contributed by atoms with Gasteiger partial charge in [-0.25, -0.2) is 13.4 Å². The molecule has 3 aromatic rings. The number of anilines is 2. The van der Waals surface area contributed by atoms with Crippen LogP contribution in [0.4, 0.5) is 16.5 Å². The summed E-state index contributed by atoms with van der Waals surface area (Å²) in [6, 6.07) is 10.5. The van der Waals surface area contributed by atoms with Crippen molar-refractivity contribution in [1.29, 1.82) is 0 Å². The molecule has 9 nitrogen and oxygen atoms in total. The number of aromatic nitrogens is 1. The predicted octanol–water partition coefficient (Wildman–Crippen LogP) is 3.10. The van der Waals surface area contributed by atoms with Gasteiger partial charge in [-0.15, -0.1) is 11.3 Å². The van der Waals surface area contributed by atoms with E-state index in [1.54, 1.807) is 11.6 Å². The summed E-state index contributed by atoms with van der Waals surface area (Å²) in [5.41, 5.74) is 0.0344. The van der Waals surface area contributed by atoms with Gasteiger partial charge in [0, 0.05) is 35.0 Å². The van der Waals surface area contributed by atoms with Gasteiger partial charge in [-0.05, 0) is 24.3 Å². The number of hydrogen-bond acceptors (Lipinski definition) is 7. The van der Waals surface area contributed by atoms with E-state index < -0.39 is 20.9 Å². The maximum Gasteiger partial charge on any atom is 0.270 e. The van der Waals surface area contributed by atoms with Crippen LogP contribution in [0.5, 0.6) is 0 Å². The van der Waals surface area contributed by atoms with Gasteiger partial charge in [0.1, 0.15) is 0 Å². The van der Waals surface area contributed by atoms with Gasteiger partial charge in [0.15, 0.2) is 5.13 Å². The maximum absolute atomic E-state index is 12.5. The summed E-state index contributed by atoms with van der Waals surface area (Å²) in [5.74, 6) is -0.443. The summed E-state index contributed by atoms with van der Waals surface area (Å²) in [6.07, 6.45) is 1.55. The molecule has 27 heavy (non-hydrogen) atoms. The van der Waals surface area contributed by atoms with E-state index in [0.29, 0.717) is 5.13 Å². The van der Waals surface area contributed by atoms with E-state index in [1.807, 2.05) is 0 Å². The SMILES string of the molecule is O=C(Nc1nccs1)c1cccc(NS(=O)(=O)c2cccc([N+](=O)[O-])c2)c1. The van der Waals surface area contributed by atoms with Crippen LogP contribution in [-0.4, -0.2) is 24.2 Å². The van der Waals surface area contributed by atoms with E-state index in [4.69, 9.17) is 0 Å². The average molecular weight is 404 g/mol. The van der Waals surface area contributed by atoms with Gasteiger partial charge in [-0.3, -0.25) is 24.9 Å². The van der Waals surface area contributed by atoms with Crippen molar-refractivity contribution < 1.29 is 18.1 Å². The number of nitro benzene ring substituents is 1. The Hall–Kier alpha value is -3.31. The first-order valence-electron chi connectivity index (χ1n) is 7.43. The Morgan fingerprint density at radius 2 is 1.93 bits per heavy atom. The zero-order chi connectivity index (χ0) is 19.4. The van der Waals surface area contributed by atoms with Crippen LogP contribution < -0.4 is 10.0 Å². The van der Waals surface area contributed by atoms with E-state index in [-0.39, 0.29) is 21.8 Å². The van der Waals surface area contributed by atoms with Crippen molar-refractivity contribution in [3.63, 3.8) is 0 Å². The molecule has 0 saturated heterocycles. The van der Waals surface area contributed by atoms with Gasteiger partial charge in [0.05, 0.1) is 9.82 Å². The molecule has 0 aliphatic rings. The number of carbonyl (C=O) groups excluding carboxylic acids is 1. The monoisotopic (exact) mass is 404 g/mol. The molecule has 2 aromatic carbocycles. The summed E-state index contributed by atoms with van der Waals surface area (Å²) in [4.78, 5) is 26.1. The van der Waals surface area contributed by atoms with Crippen LogP contribution in [-0.2, 0) is 10.0 Å². The minimum atomic E-state index is -4.06. The van der Waals surface area contributed by atoms with Crippen molar-refractivity contribution in [1.82, 2.24) is 4.98 Å². The lowest BCUT2D eigenvalue weighted by Gasteiger charge is -2.09. The quantitative estimate of drug-likeness (QED) is 0.479. The van der Waals surface area contributed by atoms with E-state index in [0.717, 1.165) is 6.07 Å². The smallest absolute Gasteiger partial charge is 0.270 e. The molecule has 3 rings (SSSR count). The Morgan fingerprint density at radius 3 is 2.63 bits per heavy atom. The van der Waals surface area contributed by atoms with Gasteiger partial charge < -0.3 is 0 Å². The maximum atomic E-state index is 12.5. The molecule has 11 heteroatoms. The Morgan fingerprint density at radius 1 is 1.15 bits per heavy atom. The normalized spacial score (nSPS) is 11.0. The molecule has 0 fully saturated rings. The molecule has 2 N–H and O–H groups in total. The minimum Gasteiger partial charge on any atom is -0.298 e. The highest BCUT2D eigenvalue weighted by Gasteiger charge is 2.18. The first-order chi connectivity index (χ1) is 12.8. The highest BCUT2D eigenvalue weighted by atomic mass is 32.2. The second kappa shape index (κ2) is 7.51. The second-order valence-electron chi connectivity index (χ2n) is 5.23. The van der Waals surface area contributed by atoms with Crippen LogP contribution in [0.25, 0.3) is 0 Å². The van der Waals surface area contributed by atoms with Crippen molar-refractivity contribution in [2.45, 2.75) is 4.90 Å². The highest BCUT2D eigenvalue weighted by Crippen LogP contribution is 2.21. The van der Waals surface area contributed by atoms with Crippen molar-refractivity contribution in [3.8, 4) is 0 Å². The Labute approximate surface area is 157 Å². The van der Waals surface area contributed by atoms with Crippen molar-refractivity contribution >= 4 is 43.8 Å². The number of nitrogens with one attached hydrogen (secondary N) is 2. The third-order valence-electron chi connectivity index (χ3n) is 3.37. The van der Waals surface area contributed by atoms with Crippen LogP contribution >= 0.6 is 11.3 Å². The molecule has 1 aromatic heterocycles. The van der Waals surface area contributed by atoms with Crippen LogP contribution in [0.1, 0.15) is 10.4 Å². The van der Waals surface area contributed by atoms with Crippen molar-refractivity contribution in [2.75, 3.05) is 10.0 Å². The predicted molar refractivity (Wildman–Crippen MR) is 100 cm³/mol. The van der Waals surface area contributed by atoms with Gasteiger partial charge in [-0.2, -0.15) is 0 Å². The molecule has 0 bridgehead atoms. The zero-order valence-electron chi connectivity index (χ0n) is 13.5. The molecule has 0 aliphatic carbocycles. The number of thiazole rings is 1. The largest absolute Gasteiger partial charge is 0.298 e. The van der Waals surface area contributed by atoms with Gasteiger partial charge in [-0.1, -0.05) is 12.1 Å². The standard InChI is InChI=1S/C16H12N4O5S2/c21-15(18-16-17-7-8-26-16)11-3-1-4-12(9-11)19-27(24,25)14-6-2-5-13(10-14)20(22)23/h1-10,19H,(H,17,18,21). The summed E-state index contributed by atoms with van der Waals surface area (Å²) in [6.45, 7) is 0. The Balaban J connectivity index is 1.82. The lowest BCUT2D eigenvalue weighted by atomic mass is 10.2. The van der Waals surface area contributed by atoms with E-state index in [9.17, 15) is 23.3 Å². The van der Waals surface area contributed by atoms with E-state index in [1.165, 1.54) is 53.8 Å². The number of non-ortho nitro benzene ring substituents is 1. The fraction of sp³-hybridized carbons (Fsp3) is 0. The van der Waals surface area contributed by atoms with Crippen LogP contribution in [0.2, 0.25) is 0 Å². The number of amides is 1. The molecule has 0 unspecified atom stereocenters. The van der Waals surface area contributed by atoms with E-state index >= 15 is 0 Å². The molecular weight excluding hydrogens is 392 g/mol. The molecule has 1 heterocycles. The van der Waals surface area contributed by atoms with Gasteiger partial charge in [0.25, 0.3) is 21.6 Å². The first-order valence-corrected chi connectivity index (χ1v) is 9.79. The summed E-state index contributed by atoms with van der Waals surface area (Å²) >= 11 is 1.25. The minimum absolute atomic E-state index is 0.147. The number of carbonyl (C=O) groups is 1. The number of hydrogen-bond donors (Lipinski definition) is 2. The Kier molecular flexibility index (Phi) is 5.14. The lowest BCUT2D eigenvalue weighted by Crippen LogP contribution is -2.15. The topological polar surface area (TPSA) is 131 Å². The molecule has 0 aliphatic heterocycles. The van der Waals surface area contributed by atoms with E-state index in [2.05, 4.69) is 15.0 Å². The lowest BCUT2D eigenvalue weighted by molar-refractivity contribution is -0.385.